The van der Waals surface area contributed by atoms with E-state index < -0.39 is 0 Å². The molecule has 0 aliphatic heterocycles. The topological polar surface area (TPSA) is 98.2 Å². The van der Waals surface area contributed by atoms with Crippen molar-refractivity contribution in [2.24, 2.45) is 5.10 Å². The van der Waals surface area contributed by atoms with E-state index in [0.29, 0.717) is 22.8 Å². The molecule has 2 aromatic carbocycles. The molecule has 2 N–H and O–H groups in total. The Morgan fingerprint density at radius 2 is 1.59 bits per heavy atom. The molecule has 2 aromatic rings. The zero-order valence-corrected chi connectivity index (χ0v) is 16.9. The van der Waals surface area contributed by atoms with Crippen LogP contribution >= 0.6 is 0 Å². The molecule has 0 heterocycles. The third-order valence-electron chi connectivity index (χ3n) is 4.09. The average Bonchev–Trinajstić information content (AvgIpc) is 2.73. The molecule has 0 aliphatic rings. The lowest BCUT2D eigenvalue weighted by atomic mass is 10.2. The van der Waals surface area contributed by atoms with Crippen molar-refractivity contribution in [1.82, 2.24) is 5.43 Å². The van der Waals surface area contributed by atoms with Crippen LogP contribution in [0.3, 0.4) is 0 Å². The van der Waals surface area contributed by atoms with Crippen molar-refractivity contribution >= 4 is 23.7 Å². The number of carbonyl (C=O) groups is 2. The van der Waals surface area contributed by atoms with Crippen LogP contribution in [0.25, 0.3) is 0 Å². The molecule has 0 spiro atoms. The third kappa shape index (κ3) is 6.24. The SMILES string of the molecule is COc1cc(/C=N/NC(=O)CCC(=O)Nc2ccccc2C)cc(OC)c1OC. The van der Waals surface area contributed by atoms with Crippen LogP contribution in [0.2, 0.25) is 0 Å². The molecule has 0 bridgehead atoms. The van der Waals surface area contributed by atoms with Gasteiger partial charge in [-0.25, -0.2) is 5.43 Å². The Bertz CT molecular complexity index is 871. The number of carbonyl (C=O) groups excluding carboxylic acids is 2. The summed E-state index contributed by atoms with van der Waals surface area (Å²) in [6.07, 6.45) is 1.53. The fourth-order valence-electron chi connectivity index (χ4n) is 2.56. The second-order valence-electron chi connectivity index (χ2n) is 6.11. The highest BCUT2D eigenvalue weighted by Crippen LogP contribution is 2.37. The van der Waals surface area contributed by atoms with Crippen molar-refractivity contribution < 1.29 is 23.8 Å². The van der Waals surface area contributed by atoms with E-state index in [-0.39, 0.29) is 24.7 Å². The highest BCUT2D eigenvalue weighted by atomic mass is 16.5. The molecule has 0 radical (unpaired) electrons. The smallest absolute Gasteiger partial charge is 0.240 e. The molecule has 0 saturated carbocycles. The number of hydrogen-bond donors (Lipinski definition) is 2. The number of methoxy groups -OCH3 is 3. The van der Waals surface area contributed by atoms with Crippen molar-refractivity contribution in [3.8, 4) is 17.2 Å². The number of hydrogen-bond acceptors (Lipinski definition) is 6. The lowest BCUT2D eigenvalue weighted by Crippen LogP contribution is -2.20. The van der Waals surface area contributed by atoms with Crippen LogP contribution in [-0.4, -0.2) is 39.4 Å². The molecule has 0 fully saturated rings. The summed E-state index contributed by atoms with van der Waals surface area (Å²) in [4.78, 5) is 23.9. The molecule has 0 aliphatic carbocycles. The second kappa shape index (κ2) is 10.7. The maximum absolute atomic E-state index is 12.0. The zero-order valence-electron chi connectivity index (χ0n) is 16.9. The van der Waals surface area contributed by atoms with E-state index in [0.717, 1.165) is 11.3 Å². The number of benzene rings is 2. The molecule has 0 atom stereocenters. The number of nitrogens with one attached hydrogen (secondary N) is 2. The van der Waals surface area contributed by atoms with Crippen LogP contribution < -0.4 is 25.0 Å². The fourth-order valence-corrected chi connectivity index (χ4v) is 2.56. The van der Waals surface area contributed by atoms with Gasteiger partial charge in [0.1, 0.15) is 0 Å². The first-order valence-electron chi connectivity index (χ1n) is 8.96. The zero-order chi connectivity index (χ0) is 21.2. The van der Waals surface area contributed by atoms with Gasteiger partial charge in [0.05, 0.1) is 27.5 Å². The van der Waals surface area contributed by atoms with Gasteiger partial charge >= 0.3 is 0 Å². The van der Waals surface area contributed by atoms with E-state index in [9.17, 15) is 9.59 Å². The average molecular weight is 399 g/mol. The molecule has 0 unspecified atom stereocenters. The van der Waals surface area contributed by atoms with Gasteiger partial charge in [0.2, 0.25) is 17.6 Å². The molecule has 0 aromatic heterocycles. The van der Waals surface area contributed by atoms with Gasteiger partial charge in [-0.3, -0.25) is 9.59 Å². The van der Waals surface area contributed by atoms with Crippen molar-refractivity contribution in [2.75, 3.05) is 26.6 Å². The van der Waals surface area contributed by atoms with E-state index in [1.807, 2.05) is 31.2 Å². The monoisotopic (exact) mass is 399 g/mol. The highest BCUT2D eigenvalue weighted by molar-refractivity contribution is 5.94. The van der Waals surface area contributed by atoms with Crippen LogP contribution in [0.4, 0.5) is 5.69 Å². The summed E-state index contributed by atoms with van der Waals surface area (Å²) in [7, 11) is 4.55. The molecule has 8 heteroatoms. The first-order chi connectivity index (χ1) is 14.0. The molecule has 2 amide bonds. The number of ether oxygens (including phenoxy) is 3. The van der Waals surface area contributed by atoms with Gasteiger partial charge in [0.25, 0.3) is 0 Å². The summed E-state index contributed by atoms with van der Waals surface area (Å²) in [5.41, 5.74) is 4.75. The third-order valence-corrected chi connectivity index (χ3v) is 4.09. The van der Waals surface area contributed by atoms with Gasteiger partial charge in [-0.2, -0.15) is 5.10 Å². The summed E-state index contributed by atoms with van der Waals surface area (Å²) in [5.74, 6) is 0.826. The lowest BCUT2D eigenvalue weighted by Gasteiger charge is -2.12. The number of hydrazone groups is 1. The Morgan fingerprint density at radius 3 is 2.17 bits per heavy atom. The van der Waals surface area contributed by atoms with Gasteiger partial charge in [-0.05, 0) is 30.7 Å². The Hall–Kier alpha value is -3.55. The number of anilines is 1. The number of amides is 2. The second-order valence-corrected chi connectivity index (χ2v) is 6.11. The minimum Gasteiger partial charge on any atom is -0.493 e. The van der Waals surface area contributed by atoms with Gasteiger partial charge in [0, 0.05) is 24.1 Å². The molecule has 0 saturated heterocycles. The normalized spacial score (nSPS) is 10.5. The molecular formula is C21H25N3O5. The van der Waals surface area contributed by atoms with Gasteiger partial charge in [0.15, 0.2) is 11.5 Å². The predicted octanol–water partition coefficient (Wildman–Crippen LogP) is 2.89. The Morgan fingerprint density at radius 1 is 0.966 bits per heavy atom. The number of nitrogens with zero attached hydrogens (tertiary/aromatic N) is 1. The molecule has 8 nitrogen and oxygen atoms in total. The maximum Gasteiger partial charge on any atom is 0.240 e. The Kier molecular flexibility index (Phi) is 8.02. The standard InChI is InChI=1S/C21H25N3O5/c1-14-7-5-6-8-16(14)23-19(25)9-10-20(26)24-22-13-15-11-17(27-2)21(29-4)18(12-15)28-3/h5-8,11-13H,9-10H2,1-4H3,(H,23,25)(H,24,26)/b22-13+. The predicted molar refractivity (Wildman–Crippen MR) is 111 cm³/mol. The molecule has 29 heavy (non-hydrogen) atoms. The van der Waals surface area contributed by atoms with Crippen LogP contribution in [0.5, 0.6) is 17.2 Å². The van der Waals surface area contributed by atoms with E-state index in [1.54, 1.807) is 12.1 Å². The molecule has 154 valence electrons. The van der Waals surface area contributed by atoms with Crippen molar-refractivity contribution in [1.29, 1.82) is 0 Å². The van der Waals surface area contributed by atoms with E-state index in [1.165, 1.54) is 27.5 Å². The van der Waals surface area contributed by atoms with E-state index in [2.05, 4.69) is 15.8 Å². The van der Waals surface area contributed by atoms with Crippen molar-refractivity contribution in [3.05, 3.63) is 47.5 Å². The first kappa shape index (κ1) is 21.7. The van der Waals surface area contributed by atoms with E-state index in [4.69, 9.17) is 14.2 Å². The summed E-state index contributed by atoms with van der Waals surface area (Å²) >= 11 is 0. The minimum atomic E-state index is -0.367. The minimum absolute atomic E-state index is 0.0182. The van der Waals surface area contributed by atoms with Crippen LogP contribution in [0.15, 0.2) is 41.5 Å². The molecule has 2 rings (SSSR count). The first-order valence-corrected chi connectivity index (χ1v) is 8.96. The van der Waals surface area contributed by atoms with E-state index >= 15 is 0 Å². The summed E-state index contributed by atoms with van der Waals surface area (Å²) < 4.78 is 15.8. The fraction of sp³-hybridized carbons (Fsp3) is 0.286. The molecular weight excluding hydrogens is 374 g/mol. The summed E-state index contributed by atoms with van der Waals surface area (Å²) in [6.45, 7) is 1.90. The Labute approximate surface area is 169 Å². The van der Waals surface area contributed by atoms with Gasteiger partial charge < -0.3 is 19.5 Å². The van der Waals surface area contributed by atoms with Gasteiger partial charge in [-0.1, -0.05) is 18.2 Å². The number of rotatable bonds is 9. The summed E-state index contributed by atoms with van der Waals surface area (Å²) in [5, 5.41) is 6.70. The largest absolute Gasteiger partial charge is 0.493 e. The quantitative estimate of drug-likeness (QED) is 0.499. The van der Waals surface area contributed by atoms with Crippen LogP contribution in [0, 0.1) is 6.92 Å². The Balaban J connectivity index is 1.88. The number of aryl methyl sites for hydroxylation is 1. The number of para-hydroxylation sites is 1. The highest BCUT2D eigenvalue weighted by Gasteiger charge is 2.12. The van der Waals surface area contributed by atoms with Crippen LogP contribution in [0.1, 0.15) is 24.0 Å². The van der Waals surface area contributed by atoms with Crippen molar-refractivity contribution in [2.45, 2.75) is 19.8 Å². The lowest BCUT2D eigenvalue weighted by molar-refractivity contribution is -0.124. The maximum atomic E-state index is 12.0. The van der Waals surface area contributed by atoms with Crippen LogP contribution in [-0.2, 0) is 9.59 Å². The summed E-state index contributed by atoms with van der Waals surface area (Å²) in [6, 6.07) is 10.9. The van der Waals surface area contributed by atoms with Gasteiger partial charge in [-0.15, -0.1) is 0 Å². The van der Waals surface area contributed by atoms with Crippen molar-refractivity contribution in [3.63, 3.8) is 0 Å².